The summed E-state index contributed by atoms with van der Waals surface area (Å²) in [4.78, 5) is 0. The van der Waals surface area contributed by atoms with Crippen LogP contribution in [0.15, 0.2) is 0 Å². The minimum Gasteiger partial charge on any atom is -0.395 e. The summed E-state index contributed by atoms with van der Waals surface area (Å²) >= 11 is 1.97. The second-order valence-electron chi connectivity index (χ2n) is 2.56. The van der Waals surface area contributed by atoms with Crippen molar-refractivity contribution < 1.29 is 5.11 Å². The van der Waals surface area contributed by atoms with E-state index in [0.29, 0.717) is 6.04 Å². The highest BCUT2D eigenvalue weighted by molar-refractivity contribution is 7.99. The Morgan fingerprint density at radius 2 is 2.27 bits per heavy atom. The number of aliphatic hydroxyl groups is 1. The van der Waals surface area contributed by atoms with Crippen molar-refractivity contribution >= 4 is 11.8 Å². The molecule has 0 heterocycles. The lowest BCUT2D eigenvalue weighted by Gasteiger charge is -2.11. The van der Waals surface area contributed by atoms with Gasteiger partial charge in [-0.25, -0.2) is 0 Å². The molecule has 2 N–H and O–H groups in total. The van der Waals surface area contributed by atoms with Gasteiger partial charge in [-0.1, -0.05) is 6.92 Å². The maximum absolute atomic E-state index is 8.52. The second kappa shape index (κ2) is 8.37. The van der Waals surface area contributed by atoms with E-state index in [1.165, 1.54) is 17.9 Å². The molecule has 0 saturated carbocycles. The summed E-state index contributed by atoms with van der Waals surface area (Å²) in [6.45, 7) is 5.30. The Balaban J connectivity index is 3.02. The molecule has 11 heavy (non-hydrogen) atoms. The highest BCUT2D eigenvalue weighted by Crippen LogP contribution is 2.03. The highest BCUT2D eigenvalue weighted by Gasteiger charge is 1.98. The van der Waals surface area contributed by atoms with Crippen LogP contribution in [-0.4, -0.2) is 35.8 Å². The van der Waals surface area contributed by atoms with Gasteiger partial charge in [-0.3, -0.25) is 0 Å². The maximum Gasteiger partial charge on any atom is 0.0556 e. The summed E-state index contributed by atoms with van der Waals surface area (Å²) in [5.41, 5.74) is 0. The lowest BCUT2D eigenvalue weighted by atomic mass is 10.2. The van der Waals surface area contributed by atoms with Gasteiger partial charge in [0.25, 0.3) is 0 Å². The maximum atomic E-state index is 8.52. The van der Waals surface area contributed by atoms with E-state index in [-0.39, 0.29) is 6.61 Å². The predicted octanol–water partition coefficient (Wildman–Crippen LogP) is 1.10. The molecule has 0 bridgehead atoms. The van der Waals surface area contributed by atoms with Crippen LogP contribution in [0.2, 0.25) is 0 Å². The van der Waals surface area contributed by atoms with E-state index in [1.807, 2.05) is 11.8 Å². The highest BCUT2D eigenvalue weighted by atomic mass is 32.2. The molecule has 2 nitrogen and oxygen atoms in total. The zero-order valence-corrected chi connectivity index (χ0v) is 8.28. The lowest BCUT2D eigenvalue weighted by Crippen LogP contribution is -2.29. The van der Waals surface area contributed by atoms with Crippen LogP contribution in [0.5, 0.6) is 0 Å². The van der Waals surface area contributed by atoms with Gasteiger partial charge in [-0.15, -0.1) is 0 Å². The van der Waals surface area contributed by atoms with Crippen molar-refractivity contribution in [1.82, 2.24) is 5.32 Å². The van der Waals surface area contributed by atoms with E-state index in [0.717, 1.165) is 6.54 Å². The number of rotatable bonds is 7. The Morgan fingerprint density at radius 3 is 2.82 bits per heavy atom. The topological polar surface area (TPSA) is 32.3 Å². The second-order valence-corrected chi connectivity index (χ2v) is 3.96. The third-order valence-corrected chi connectivity index (χ3v) is 2.44. The van der Waals surface area contributed by atoms with Crippen LogP contribution in [0.25, 0.3) is 0 Å². The summed E-state index contributed by atoms with van der Waals surface area (Å²) in [5, 5.41) is 11.7. The minimum atomic E-state index is 0.241. The normalized spacial score (nSPS) is 13.4. The third-order valence-electron chi connectivity index (χ3n) is 1.50. The molecular formula is C8H19NOS. The van der Waals surface area contributed by atoms with Crippen molar-refractivity contribution in [3.05, 3.63) is 0 Å². The summed E-state index contributed by atoms with van der Waals surface area (Å²) in [5.74, 6) is 2.42. The van der Waals surface area contributed by atoms with E-state index >= 15 is 0 Å². The van der Waals surface area contributed by atoms with Gasteiger partial charge in [0, 0.05) is 12.6 Å². The first kappa shape index (κ1) is 11.3. The molecule has 0 aromatic heterocycles. The molecule has 68 valence electrons. The van der Waals surface area contributed by atoms with Gasteiger partial charge < -0.3 is 10.4 Å². The molecule has 0 aliphatic carbocycles. The zero-order valence-electron chi connectivity index (χ0n) is 7.47. The molecule has 3 heteroatoms. The number of aliphatic hydroxyl groups excluding tert-OH is 1. The smallest absolute Gasteiger partial charge is 0.0556 e. The van der Waals surface area contributed by atoms with Crippen LogP contribution < -0.4 is 5.32 Å². The van der Waals surface area contributed by atoms with Crippen molar-refractivity contribution in [3.8, 4) is 0 Å². The first-order valence-corrected chi connectivity index (χ1v) is 5.38. The standard InChI is InChI=1S/C8H19NOS/c1-3-11-7-4-8(2)9-5-6-10/h8-10H,3-7H2,1-2H3. The fraction of sp³-hybridized carbons (Fsp3) is 1.00. The van der Waals surface area contributed by atoms with Gasteiger partial charge in [0.05, 0.1) is 6.61 Å². The van der Waals surface area contributed by atoms with E-state index < -0.39 is 0 Å². The molecule has 0 aliphatic heterocycles. The monoisotopic (exact) mass is 177 g/mol. The van der Waals surface area contributed by atoms with Gasteiger partial charge in [-0.2, -0.15) is 11.8 Å². The van der Waals surface area contributed by atoms with Crippen LogP contribution >= 0.6 is 11.8 Å². The molecule has 0 fully saturated rings. The van der Waals surface area contributed by atoms with Crippen molar-refractivity contribution in [3.63, 3.8) is 0 Å². The zero-order chi connectivity index (χ0) is 8.53. The van der Waals surface area contributed by atoms with E-state index in [2.05, 4.69) is 19.2 Å². The molecule has 0 spiro atoms. The van der Waals surface area contributed by atoms with Crippen LogP contribution in [0.3, 0.4) is 0 Å². The Bertz CT molecular complexity index is 80.5. The number of nitrogens with one attached hydrogen (secondary N) is 1. The van der Waals surface area contributed by atoms with Gasteiger partial charge in [0.2, 0.25) is 0 Å². The third kappa shape index (κ3) is 8.17. The summed E-state index contributed by atoms with van der Waals surface area (Å²) < 4.78 is 0. The van der Waals surface area contributed by atoms with E-state index in [9.17, 15) is 0 Å². The van der Waals surface area contributed by atoms with Gasteiger partial charge in [0.1, 0.15) is 0 Å². The molecule has 0 rings (SSSR count). The lowest BCUT2D eigenvalue weighted by molar-refractivity contribution is 0.285. The Hall–Kier alpha value is 0.270. The van der Waals surface area contributed by atoms with Crippen molar-refractivity contribution in [2.45, 2.75) is 26.3 Å². The molecule has 0 aromatic rings. The predicted molar refractivity (Wildman–Crippen MR) is 52.2 cm³/mol. The summed E-state index contributed by atoms with van der Waals surface area (Å²) in [6, 6.07) is 0.543. The van der Waals surface area contributed by atoms with Crippen LogP contribution in [0, 0.1) is 0 Å². The SMILES string of the molecule is CCSCCC(C)NCCO. The molecule has 0 saturated heterocycles. The van der Waals surface area contributed by atoms with Crippen molar-refractivity contribution in [2.75, 3.05) is 24.7 Å². The van der Waals surface area contributed by atoms with Crippen molar-refractivity contribution in [1.29, 1.82) is 0 Å². The molecular weight excluding hydrogens is 158 g/mol. The minimum absolute atomic E-state index is 0.241. The first-order valence-electron chi connectivity index (χ1n) is 4.23. The summed E-state index contributed by atoms with van der Waals surface area (Å²) in [6.07, 6.45) is 1.19. The average molecular weight is 177 g/mol. The Kier molecular flexibility index (Phi) is 8.57. The van der Waals surface area contributed by atoms with E-state index in [4.69, 9.17) is 5.11 Å². The van der Waals surface area contributed by atoms with Gasteiger partial charge in [-0.05, 0) is 24.9 Å². The number of hydrogen-bond acceptors (Lipinski definition) is 3. The van der Waals surface area contributed by atoms with E-state index in [1.54, 1.807) is 0 Å². The molecule has 0 aliphatic rings. The Labute approximate surface area is 73.8 Å². The Morgan fingerprint density at radius 1 is 1.55 bits per heavy atom. The van der Waals surface area contributed by atoms with Gasteiger partial charge >= 0.3 is 0 Å². The van der Waals surface area contributed by atoms with Crippen LogP contribution in [0.4, 0.5) is 0 Å². The molecule has 0 amide bonds. The fourth-order valence-corrected chi connectivity index (χ4v) is 1.63. The fourth-order valence-electron chi connectivity index (χ4n) is 0.817. The van der Waals surface area contributed by atoms with Crippen molar-refractivity contribution in [2.24, 2.45) is 0 Å². The first-order chi connectivity index (χ1) is 5.31. The summed E-state index contributed by atoms with van der Waals surface area (Å²) in [7, 11) is 0. The molecule has 1 atom stereocenters. The van der Waals surface area contributed by atoms with Crippen LogP contribution in [-0.2, 0) is 0 Å². The molecule has 0 aromatic carbocycles. The largest absolute Gasteiger partial charge is 0.395 e. The number of hydrogen-bond donors (Lipinski definition) is 2. The van der Waals surface area contributed by atoms with Gasteiger partial charge in [0.15, 0.2) is 0 Å². The average Bonchev–Trinajstić information content (AvgIpc) is 2.01. The molecule has 0 radical (unpaired) electrons. The molecule has 1 unspecified atom stereocenters. The number of thioether (sulfide) groups is 1. The quantitative estimate of drug-likeness (QED) is 0.571. The van der Waals surface area contributed by atoms with Crippen LogP contribution in [0.1, 0.15) is 20.3 Å².